The molecule has 0 aliphatic heterocycles. The van der Waals surface area contributed by atoms with Gasteiger partial charge in [0.25, 0.3) is 0 Å². The third kappa shape index (κ3) is 8.65. The second-order valence-corrected chi connectivity index (χ2v) is 4.75. The van der Waals surface area contributed by atoms with Gasteiger partial charge >= 0.3 is 0 Å². The van der Waals surface area contributed by atoms with Crippen LogP contribution in [-0.4, -0.2) is 43.2 Å². The highest BCUT2D eigenvalue weighted by Crippen LogP contribution is 2.20. The van der Waals surface area contributed by atoms with E-state index in [1.165, 1.54) is 0 Å². The molecule has 0 fully saturated rings. The number of hydrogen-bond acceptors (Lipinski definition) is 4. The molecule has 0 unspecified atom stereocenters. The molecule has 2 amide bonds. The van der Waals surface area contributed by atoms with E-state index in [0.29, 0.717) is 13.0 Å². The highest BCUT2D eigenvalue weighted by molar-refractivity contribution is 5.85. The first-order valence-electron chi connectivity index (χ1n) is 5.75. The van der Waals surface area contributed by atoms with Crippen molar-refractivity contribution in [3.05, 3.63) is 0 Å². The van der Waals surface area contributed by atoms with E-state index in [9.17, 15) is 9.59 Å². The number of amides is 2. The molecule has 0 radical (unpaired) electrons. The molecule has 0 aliphatic rings. The molecule has 0 saturated heterocycles. The second kappa shape index (κ2) is 8.03. The van der Waals surface area contributed by atoms with Crippen LogP contribution in [-0.2, 0) is 9.59 Å². The Morgan fingerprint density at radius 3 is 2.41 bits per heavy atom. The Morgan fingerprint density at radius 2 is 1.88 bits per heavy atom. The molecule has 0 aromatic carbocycles. The van der Waals surface area contributed by atoms with E-state index in [4.69, 9.17) is 10.8 Å². The maximum absolute atomic E-state index is 11.4. The van der Waals surface area contributed by atoms with E-state index >= 15 is 0 Å². The number of carbonyl (C=O) groups is 2. The van der Waals surface area contributed by atoms with E-state index in [-0.39, 0.29) is 36.9 Å². The van der Waals surface area contributed by atoms with Gasteiger partial charge in [0.15, 0.2) is 0 Å². The molecule has 0 aliphatic carbocycles. The average Bonchev–Trinajstić information content (AvgIpc) is 2.31. The first-order valence-corrected chi connectivity index (χ1v) is 5.75. The number of aliphatic hydroxyl groups excluding tert-OH is 1. The zero-order chi connectivity index (χ0) is 13.3. The molecule has 0 rings (SSSR count). The molecular weight excluding hydrogens is 222 g/mol. The molecule has 0 saturated carbocycles. The van der Waals surface area contributed by atoms with Gasteiger partial charge in [-0.1, -0.05) is 13.8 Å². The van der Waals surface area contributed by atoms with Crippen molar-refractivity contribution in [2.45, 2.75) is 26.7 Å². The average molecular weight is 245 g/mol. The van der Waals surface area contributed by atoms with Crippen LogP contribution in [0.2, 0.25) is 0 Å². The Balaban J connectivity index is 3.78. The van der Waals surface area contributed by atoms with Crippen molar-refractivity contribution in [1.82, 2.24) is 10.6 Å². The summed E-state index contributed by atoms with van der Waals surface area (Å²) < 4.78 is 0. The van der Waals surface area contributed by atoms with Crippen molar-refractivity contribution in [2.24, 2.45) is 11.1 Å². The number of nitrogens with one attached hydrogen (secondary N) is 2. The predicted molar refractivity (Wildman–Crippen MR) is 65.2 cm³/mol. The van der Waals surface area contributed by atoms with Crippen LogP contribution in [0.3, 0.4) is 0 Å². The van der Waals surface area contributed by atoms with Crippen LogP contribution in [0.4, 0.5) is 0 Å². The van der Waals surface area contributed by atoms with Crippen LogP contribution in [0, 0.1) is 5.41 Å². The van der Waals surface area contributed by atoms with Gasteiger partial charge < -0.3 is 21.5 Å². The largest absolute Gasteiger partial charge is 0.396 e. The van der Waals surface area contributed by atoms with E-state index in [2.05, 4.69) is 10.6 Å². The number of carbonyl (C=O) groups excluding carboxylic acids is 2. The third-order valence-corrected chi connectivity index (χ3v) is 2.41. The predicted octanol–water partition coefficient (Wildman–Crippen LogP) is -1.02. The Bertz CT molecular complexity index is 254. The summed E-state index contributed by atoms with van der Waals surface area (Å²) in [5.41, 5.74) is 5.03. The summed E-state index contributed by atoms with van der Waals surface area (Å²) in [6.07, 6.45) is 1.55. The van der Waals surface area contributed by atoms with Gasteiger partial charge in [0.2, 0.25) is 11.8 Å². The van der Waals surface area contributed by atoms with Crippen LogP contribution in [0.15, 0.2) is 0 Å². The summed E-state index contributed by atoms with van der Waals surface area (Å²) in [6.45, 7) is 4.54. The van der Waals surface area contributed by atoms with Crippen LogP contribution in [0.1, 0.15) is 26.7 Å². The molecule has 6 nitrogen and oxygen atoms in total. The number of rotatable bonds is 8. The van der Waals surface area contributed by atoms with Crippen molar-refractivity contribution in [3.8, 4) is 0 Å². The molecule has 0 atom stereocenters. The minimum absolute atomic E-state index is 0.0495. The van der Waals surface area contributed by atoms with Crippen molar-refractivity contribution < 1.29 is 14.7 Å². The molecule has 100 valence electrons. The Kier molecular flexibility index (Phi) is 7.49. The fourth-order valence-electron chi connectivity index (χ4n) is 1.30. The van der Waals surface area contributed by atoms with Gasteiger partial charge in [-0.05, 0) is 18.3 Å². The zero-order valence-electron chi connectivity index (χ0n) is 10.6. The fraction of sp³-hybridized carbons (Fsp3) is 0.818. The van der Waals surface area contributed by atoms with Crippen LogP contribution >= 0.6 is 0 Å². The first-order chi connectivity index (χ1) is 7.91. The lowest BCUT2D eigenvalue weighted by Crippen LogP contribution is -2.42. The van der Waals surface area contributed by atoms with Gasteiger partial charge in [0.1, 0.15) is 0 Å². The maximum atomic E-state index is 11.4. The summed E-state index contributed by atoms with van der Waals surface area (Å²) in [6, 6.07) is 0. The normalized spacial score (nSPS) is 11.1. The fourth-order valence-corrected chi connectivity index (χ4v) is 1.30. The first kappa shape index (κ1) is 15.9. The summed E-state index contributed by atoms with van der Waals surface area (Å²) in [7, 11) is 0. The number of hydrogen-bond donors (Lipinski definition) is 4. The van der Waals surface area contributed by atoms with Gasteiger partial charge in [-0.25, -0.2) is 0 Å². The Labute approximate surface area is 102 Å². The molecule has 0 spiro atoms. The van der Waals surface area contributed by atoms with Gasteiger partial charge in [0, 0.05) is 13.2 Å². The van der Waals surface area contributed by atoms with E-state index in [1.807, 2.05) is 13.8 Å². The Hall–Kier alpha value is -1.14. The van der Waals surface area contributed by atoms with E-state index in [0.717, 1.165) is 6.42 Å². The lowest BCUT2D eigenvalue weighted by Gasteiger charge is -2.24. The number of aliphatic hydroxyl groups is 1. The number of nitrogens with two attached hydrogens (primary N) is 1. The smallest absolute Gasteiger partial charge is 0.239 e. The van der Waals surface area contributed by atoms with E-state index < -0.39 is 0 Å². The summed E-state index contributed by atoms with van der Waals surface area (Å²) in [4.78, 5) is 22.2. The zero-order valence-corrected chi connectivity index (χ0v) is 10.6. The minimum atomic E-state index is -0.348. The SMILES string of the molecule is CC(C)(CCCO)CNC(=O)CNC(=O)CN. The quantitative estimate of drug-likeness (QED) is 0.439. The molecular formula is C11H23N3O3. The maximum Gasteiger partial charge on any atom is 0.239 e. The molecule has 0 aromatic heterocycles. The molecule has 5 N–H and O–H groups in total. The van der Waals surface area contributed by atoms with Crippen molar-refractivity contribution >= 4 is 11.8 Å². The molecule has 6 heteroatoms. The molecule has 0 bridgehead atoms. The lowest BCUT2D eigenvalue weighted by molar-refractivity contribution is -0.125. The highest BCUT2D eigenvalue weighted by Gasteiger charge is 2.18. The molecule has 17 heavy (non-hydrogen) atoms. The van der Waals surface area contributed by atoms with Gasteiger partial charge in [0.05, 0.1) is 13.1 Å². The monoisotopic (exact) mass is 245 g/mol. The lowest BCUT2D eigenvalue weighted by atomic mass is 9.88. The minimum Gasteiger partial charge on any atom is -0.396 e. The summed E-state index contributed by atoms with van der Waals surface area (Å²) in [5, 5.41) is 13.9. The van der Waals surface area contributed by atoms with Gasteiger partial charge in [-0.15, -0.1) is 0 Å². The van der Waals surface area contributed by atoms with Crippen LogP contribution in [0.25, 0.3) is 0 Å². The van der Waals surface area contributed by atoms with E-state index in [1.54, 1.807) is 0 Å². The van der Waals surface area contributed by atoms with Crippen LogP contribution < -0.4 is 16.4 Å². The summed E-state index contributed by atoms with van der Waals surface area (Å²) in [5.74, 6) is -0.580. The topological polar surface area (TPSA) is 104 Å². The third-order valence-electron chi connectivity index (χ3n) is 2.41. The van der Waals surface area contributed by atoms with Crippen molar-refractivity contribution in [1.29, 1.82) is 0 Å². The van der Waals surface area contributed by atoms with Crippen LogP contribution in [0.5, 0.6) is 0 Å². The molecule has 0 heterocycles. The highest BCUT2D eigenvalue weighted by atomic mass is 16.3. The van der Waals surface area contributed by atoms with Crippen molar-refractivity contribution in [2.75, 3.05) is 26.2 Å². The van der Waals surface area contributed by atoms with Crippen molar-refractivity contribution in [3.63, 3.8) is 0 Å². The van der Waals surface area contributed by atoms with Gasteiger partial charge in [-0.3, -0.25) is 9.59 Å². The summed E-state index contributed by atoms with van der Waals surface area (Å²) >= 11 is 0. The molecule has 0 aromatic rings. The Morgan fingerprint density at radius 1 is 1.24 bits per heavy atom. The second-order valence-electron chi connectivity index (χ2n) is 4.75. The standard InChI is InChI=1S/C11H23N3O3/c1-11(2,4-3-5-15)8-14-10(17)7-13-9(16)6-12/h15H,3-8,12H2,1-2H3,(H,13,16)(H,14,17). The van der Waals surface area contributed by atoms with Gasteiger partial charge in [-0.2, -0.15) is 0 Å².